The molecule has 2 unspecified atom stereocenters. The zero-order chi connectivity index (χ0) is 14.1. The van der Waals surface area contributed by atoms with Gasteiger partial charge in [0.05, 0.1) is 12.2 Å². The summed E-state index contributed by atoms with van der Waals surface area (Å²) >= 11 is 0. The molecule has 1 aliphatic rings. The van der Waals surface area contributed by atoms with Gasteiger partial charge < -0.3 is 10.2 Å². The molecule has 3 rings (SSSR count). The maximum absolute atomic E-state index is 9.76. The molecule has 2 atom stereocenters. The van der Waals surface area contributed by atoms with Gasteiger partial charge in [-0.15, -0.1) is 0 Å². The zero-order valence-electron chi connectivity index (χ0n) is 11.7. The highest BCUT2D eigenvalue weighted by atomic mass is 16.3. The molecule has 0 aliphatic heterocycles. The minimum Gasteiger partial charge on any atom is -0.391 e. The molecule has 2 heteroatoms. The predicted molar refractivity (Wildman–Crippen MR) is 80.7 cm³/mol. The summed E-state index contributed by atoms with van der Waals surface area (Å²) < 4.78 is 0. The Hall–Kier alpha value is -1.64. The SMILES string of the molecule is CC(O)C(O)CCc1cccc2c1Cc1ccccc1-2. The van der Waals surface area contributed by atoms with Crippen LogP contribution in [0.3, 0.4) is 0 Å². The van der Waals surface area contributed by atoms with E-state index in [9.17, 15) is 10.2 Å². The summed E-state index contributed by atoms with van der Waals surface area (Å²) in [5.74, 6) is 0. The Labute approximate surface area is 119 Å². The monoisotopic (exact) mass is 268 g/mol. The summed E-state index contributed by atoms with van der Waals surface area (Å²) in [7, 11) is 0. The van der Waals surface area contributed by atoms with Crippen LogP contribution in [0.1, 0.15) is 30.0 Å². The molecule has 2 nitrogen and oxygen atoms in total. The topological polar surface area (TPSA) is 40.5 Å². The van der Waals surface area contributed by atoms with Crippen LogP contribution in [0.2, 0.25) is 0 Å². The maximum atomic E-state index is 9.76. The maximum Gasteiger partial charge on any atom is 0.0799 e. The molecule has 0 saturated carbocycles. The third-order valence-corrected chi connectivity index (χ3v) is 4.21. The molecule has 20 heavy (non-hydrogen) atoms. The van der Waals surface area contributed by atoms with Crippen molar-refractivity contribution in [1.29, 1.82) is 0 Å². The van der Waals surface area contributed by atoms with E-state index >= 15 is 0 Å². The van der Waals surface area contributed by atoms with Crippen molar-refractivity contribution in [2.75, 3.05) is 0 Å². The molecule has 0 bridgehead atoms. The van der Waals surface area contributed by atoms with Gasteiger partial charge in [0, 0.05) is 0 Å². The van der Waals surface area contributed by atoms with Gasteiger partial charge >= 0.3 is 0 Å². The van der Waals surface area contributed by atoms with Gasteiger partial charge in [0.15, 0.2) is 0 Å². The predicted octanol–water partition coefficient (Wildman–Crippen LogP) is 2.93. The van der Waals surface area contributed by atoms with Gasteiger partial charge in [-0.2, -0.15) is 0 Å². The third kappa shape index (κ3) is 2.37. The smallest absolute Gasteiger partial charge is 0.0799 e. The molecule has 104 valence electrons. The Morgan fingerprint density at radius 3 is 2.55 bits per heavy atom. The minimum atomic E-state index is -0.663. The molecule has 2 N–H and O–H groups in total. The Morgan fingerprint density at radius 1 is 1.00 bits per heavy atom. The third-order valence-electron chi connectivity index (χ3n) is 4.21. The molecule has 2 aromatic rings. The first-order valence-electron chi connectivity index (χ1n) is 7.22. The largest absolute Gasteiger partial charge is 0.391 e. The van der Waals surface area contributed by atoms with E-state index in [-0.39, 0.29) is 0 Å². The highest BCUT2D eigenvalue weighted by Crippen LogP contribution is 2.38. The van der Waals surface area contributed by atoms with Crippen molar-refractivity contribution in [1.82, 2.24) is 0 Å². The van der Waals surface area contributed by atoms with Gasteiger partial charge in [-0.05, 0) is 54.0 Å². The molecular weight excluding hydrogens is 248 g/mol. The van der Waals surface area contributed by atoms with Gasteiger partial charge in [-0.1, -0.05) is 42.5 Å². The van der Waals surface area contributed by atoms with E-state index in [0.29, 0.717) is 6.42 Å². The zero-order valence-corrected chi connectivity index (χ0v) is 11.7. The van der Waals surface area contributed by atoms with E-state index in [4.69, 9.17) is 0 Å². The first kappa shape index (κ1) is 13.3. The average Bonchev–Trinajstić information content (AvgIpc) is 2.83. The van der Waals surface area contributed by atoms with Gasteiger partial charge in [0.2, 0.25) is 0 Å². The molecule has 0 amide bonds. The van der Waals surface area contributed by atoms with Crippen molar-refractivity contribution in [2.45, 2.75) is 38.4 Å². The number of aryl methyl sites for hydroxylation is 1. The lowest BCUT2D eigenvalue weighted by atomic mass is 9.96. The van der Waals surface area contributed by atoms with Gasteiger partial charge in [-0.3, -0.25) is 0 Å². The normalized spacial score (nSPS) is 15.6. The van der Waals surface area contributed by atoms with E-state index < -0.39 is 12.2 Å². The summed E-state index contributed by atoms with van der Waals surface area (Å²) in [6.07, 6.45) is 1.08. The molecule has 0 spiro atoms. The highest BCUT2D eigenvalue weighted by molar-refractivity contribution is 5.77. The van der Waals surface area contributed by atoms with Crippen molar-refractivity contribution in [2.24, 2.45) is 0 Å². The Morgan fingerprint density at radius 2 is 1.75 bits per heavy atom. The standard InChI is InChI=1S/C18H20O2/c1-12(19)18(20)10-9-13-6-4-8-16-15-7-3-2-5-14(15)11-17(13)16/h2-8,12,18-20H,9-11H2,1H3. The van der Waals surface area contributed by atoms with Crippen LogP contribution in [0, 0.1) is 0 Å². The first-order chi connectivity index (χ1) is 9.66. The molecule has 0 aromatic heterocycles. The fourth-order valence-corrected chi connectivity index (χ4v) is 3.00. The number of hydrogen-bond acceptors (Lipinski definition) is 2. The fraction of sp³-hybridized carbons (Fsp3) is 0.333. The van der Waals surface area contributed by atoms with Gasteiger partial charge in [-0.25, -0.2) is 0 Å². The van der Waals surface area contributed by atoms with Crippen molar-refractivity contribution < 1.29 is 10.2 Å². The second kappa shape index (κ2) is 5.39. The van der Waals surface area contributed by atoms with Crippen molar-refractivity contribution in [3.05, 3.63) is 59.2 Å². The Bertz CT molecular complexity index is 617. The van der Waals surface area contributed by atoms with Crippen molar-refractivity contribution >= 4 is 0 Å². The van der Waals surface area contributed by atoms with Gasteiger partial charge in [0.25, 0.3) is 0 Å². The van der Waals surface area contributed by atoms with Crippen LogP contribution in [-0.4, -0.2) is 22.4 Å². The summed E-state index contributed by atoms with van der Waals surface area (Å²) in [5.41, 5.74) is 6.71. The lowest BCUT2D eigenvalue weighted by molar-refractivity contribution is 0.0265. The molecule has 1 aliphatic carbocycles. The number of fused-ring (bicyclic) bond motifs is 3. The Balaban J connectivity index is 1.86. The molecule has 0 radical (unpaired) electrons. The number of hydrogen-bond donors (Lipinski definition) is 2. The van der Waals surface area contributed by atoms with Gasteiger partial charge in [0.1, 0.15) is 0 Å². The van der Waals surface area contributed by atoms with Crippen LogP contribution in [0.4, 0.5) is 0 Å². The van der Waals surface area contributed by atoms with E-state index in [1.54, 1.807) is 6.92 Å². The van der Waals surface area contributed by atoms with Crippen LogP contribution in [-0.2, 0) is 12.8 Å². The quantitative estimate of drug-likeness (QED) is 0.764. The lowest BCUT2D eigenvalue weighted by Crippen LogP contribution is -2.23. The van der Waals surface area contributed by atoms with E-state index in [1.165, 1.54) is 27.8 Å². The highest BCUT2D eigenvalue weighted by Gasteiger charge is 2.20. The fourth-order valence-electron chi connectivity index (χ4n) is 3.00. The second-order valence-corrected chi connectivity index (χ2v) is 5.62. The van der Waals surface area contributed by atoms with Crippen LogP contribution < -0.4 is 0 Å². The molecule has 0 heterocycles. The summed E-state index contributed by atoms with van der Waals surface area (Å²) in [6, 6.07) is 14.9. The van der Waals surface area contributed by atoms with Crippen molar-refractivity contribution in [3.63, 3.8) is 0 Å². The minimum absolute atomic E-state index is 0.602. The summed E-state index contributed by atoms with van der Waals surface area (Å²) in [6.45, 7) is 1.63. The van der Waals surface area contributed by atoms with Crippen LogP contribution in [0.25, 0.3) is 11.1 Å². The number of benzene rings is 2. The average molecular weight is 268 g/mol. The van der Waals surface area contributed by atoms with E-state index in [1.807, 2.05) is 0 Å². The molecule has 0 saturated heterocycles. The van der Waals surface area contributed by atoms with E-state index in [0.717, 1.165) is 12.8 Å². The molecule has 0 fully saturated rings. The molecular formula is C18H20O2. The Kier molecular flexibility index (Phi) is 3.60. The number of aliphatic hydroxyl groups excluding tert-OH is 2. The lowest BCUT2D eigenvalue weighted by Gasteiger charge is -2.14. The number of aliphatic hydroxyl groups is 2. The first-order valence-corrected chi connectivity index (χ1v) is 7.22. The van der Waals surface area contributed by atoms with Crippen LogP contribution in [0.15, 0.2) is 42.5 Å². The molecule has 2 aromatic carbocycles. The second-order valence-electron chi connectivity index (χ2n) is 5.62. The number of rotatable bonds is 4. The summed E-state index contributed by atoms with van der Waals surface area (Å²) in [5, 5.41) is 19.1. The summed E-state index contributed by atoms with van der Waals surface area (Å²) in [4.78, 5) is 0. The van der Waals surface area contributed by atoms with Crippen molar-refractivity contribution in [3.8, 4) is 11.1 Å². The van der Waals surface area contributed by atoms with Crippen LogP contribution >= 0.6 is 0 Å². The van der Waals surface area contributed by atoms with E-state index in [2.05, 4.69) is 42.5 Å². The van der Waals surface area contributed by atoms with Crippen LogP contribution in [0.5, 0.6) is 0 Å².